The van der Waals surface area contributed by atoms with Gasteiger partial charge in [0.2, 0.25) is 0 Å². The summed E-state index contributed by atoms with van der Waals surface area (Å²) in [6.45, 7) is 3.17. The van der Waals surface area contributed by atoms with E-state index >= 15 is 0 Å². The lowest BCUT2D eigenvalue weighted by atomic mass is 10.1. The van der Waals surface area contributed by atoms with Gasteiger partial charge in [0, 0.05) is 0 Å². The highest BCUT2D eigenvalue weighted by atomic mass is 16.5. The molecule has 0 radical (unpaired) electrons. The lowest BCUT2D eigenvalue weighted by Gasteiger charge is -2.08. The minimum atomic E-state index is -1.02. The van der Waals surface area contributed by atoms with Crippen LogP contribution in [0.3, 0.4) is 0 Å². The summed E-state index contributed by atoms with van der Waals surface area (Å²) in [4.78, 5) is 3.66. The zero-order chi connectivity index (χ0) is 6.91. The Morgan fingerprint density at radius 1 is 1.67 bits per heavy atom. The van der Waals surface area contributed by atoms with Crippen LogP contribution in [0, 0.1) is 0 Å². The lowest BCUT2D eigenvalue weighted by Crippen LogP contribution is -2.15. The number of aliphatic hydroxyl groups is 1. The van der Waals surface area contributed by atoms with Crippen LogP contribution in [-0.4, -0.2) is 15.2 Å². The molecule has 1 rings (SSSR count). The molecule has 0 unspecified atom stereocenters. The van der Waals surface area contributed by atoms with Gasteiger partial charge in [0.1, 0.15) is 5.60 Å². The number of rotatable bonds is 1. The molecule has 1 aromatic heterocycles. The average molecular weight is 128 g/mol. The SMILES string of the molecule is CC(C)(O)c1ncno1. The smallest absolute Gasteiger partial charge is 0.257 e. The molecule has 0 saturated heterocycles. The Bertz CT molecular complexity index is 175. The molecule has 0 aromatic carbocycles. The van der Waals surface area contributed by atoms with Crippen LogP contribution >= 0.6 is 0 Å². The van der Waals surface area contributed by atoms with Crippen LogP contribution in [0.1, 0.15) is 19.7 Å². The Morgan fingerprint density at radius 3 is 2.56 bits per heavy atom. The second kappa shape index (κ2) is 1.80. The molecule has 0 spiro atoms. The van der Waals surface area contributed by atoms with Gasteiger partial charge in [-0.3, -0.25) is 0 Å². The van der Waals surface area contributed by atoms with Crippen molar-refractivity contribution in [3.05, 3.63) is 12.2 Å². The van der Waals surface area contributed by atoms with E-state index in [1.807, 2.05) is 0 Å². The molecule has 0 atom stereocenters. The van der Waals surface area contributed by atoms with Gasteiger partial charge in [-0.05, 0) is 13.8 Å². The van der Waals surface area contributed by atoms with Gasteiger partial charge in [-0.2, -0.15) is 4.98 Å². The fourth-order valence-electron chi connectivity index (χ4n) is 0.443. The normalized spacial score (nSPS) is 11.9. The summed E-state index contributed by atoms with van der Waals surface area (Å²) in [6, 6.07) is 0. The van der Waals surface area contributed by atoms with Crippen molar-refractivity contribution in [3.8, 4) is 0 Å². The molecule has 0 saturated carbocycles. The predicted octanol–water partition coefficient (Wildman–Crippen LogP) is 0.297. The van der Waals surface area contributed by atoms with Crippen LogP contribution in [0.4, 0.5) is 0 Å². The highest BCUT2D eigenvalue weighted by Gasteiger charge is 2.21. The zero-order valence-corrected chi connectivity index (χ0v) is 5.33. The predicted molar refractivity (Wildman–Crippen MR) is 29.5 cm³/mol. The Balaban J connectivity index is 2.90. The van der Waals surface area contributed by atoms with Crippen LogP contribution in [0.25, 0.3) is 0 Å². The van der Waals surface area contributed by atoms with Gasteiger partial charge in [-0.15, -0.1) is 0 Å². The van der Waals surface area contributed by atoms with Crippen molar-refractivity contribution in [2.75, 3.05) is 0 Å². The van der Waals surface area contributed by atoms with Gasteiger partial charge in [0.15, 0.2) is 6.33 Å². The number of aromatic nitrogens is 2. The van der Waals surface area contributed by atoms with E-state index in [4.69, 9.17) is 0 Å². The molecular weight excluding hydrogens is 120 g/mol. The largest absolute Gasteiger partial charge is 0.381 e. The topological polar surface area (TPSA) is 59.2 Å². The summed E-state index contributed by atoms with van der Waals surface area (Å²) < 4.78 is 4.59. The van der Waals surface area contributed by atoms with E-state index in [2.05, 4.69) is 14.7 Å². The molecular formula is C5H8N2O2. The lowest BCUT2D eigenvalue weighted by molar-refractivity contribution is 0.0420. The maximum absolute atomic E-state index is 9.18. The standard InChI is InChI=1S/C5H8N2O2/c1-5(2,8)4-6-3-7-9-4/h3,8H,1-2H3. The van der Waals surface area contributed by atoms with Crippen molar-refractivity contribution in [1.29, 1.82) is 0 Å². The fraction of sp³-hybridized carbons (Fsp3) is 0.600. The fourth-order valence-corrected chi connectivity index (χ4v) is 0.443. The summed E-state index contributed by atoms with van der Waals surface area (Å²) in [5.74, 6) is 0.238. The summed E-state index contributed by atoms with van der Waals surface area (Å²) in [7, 11) is 0. The first kappa shape index (κ1) is 6.22. The average Bonchev–Trinajstić information content (AvgIpc) is 2.08. The first-order chi connectivity index (χ1) is 4.11. The molecule has 0 bridgehead atoms. The Morgan fingerprint density at radius 2 is 2.33 bits per heavy atom. The second-order valence-corrected chi connectivity index (χ2v) is 2.31. The molecule has 1 aromatic rings. The maximum atomic E-state index is 9.18. The molecule has 1 heterocycles. The Hall–Kier alpha value is -0.900. The minimum Gasteiger partial charge on any atom is -0.381 e. The summed E-state index contributed by atoms with van der Waals surface area (Å²) in [5.41, 5.74) is -1.02. The maximum Gasteiger partial charge on any atom is 0.257 e. The molecule has 50 valence electrons. The van der Waals surface area contributed by atoms with E-state index in [0.29, 0.717) is 0 Å². The van der Waals surface area contributed by atoms with Gasteiger partial charge in [-0.1, -0.05) is 5.16 Å². The third kappa shape index (κ3) is 1.26. The van der Waals surface area contributed by atoms with Crippen LogP contribution in [0.5, 0.6) is 0 Å². The van der Waals surface area contributed by atoms with Gasteiger partial charge < -0.3 is 9.63 Å². The van der Waals surface area contributed by atoms with Crippen molar-refractivity contribution < 1.29 is 9.63 Å². The second-order valence-electron chi connectivity index (χ2n) is 2.31. The zero-order valence-electron chi connectivity index (χ0n) is 5.33. The van der Waals surface area contributed by atoms with Gasteiger partial charge >= 0.3 is 0 Å². The third-order valence-corrected chi connectivity index (χ3v) is 0.885. The van der Waals surface area contributed by atoms with Crippen LogP contribution in [-0.2, 0) is 5.60 Å². The molecule has 0 amide bonds. The third-order valence-electron chi connectivity index (χ3n) is 0.885. The van der Waals surface area contributed by atoms with E-state index in [-0.39, 0.29) is 5.89 Å². The van der Waals surface area contributed by atoms with Crippen molar-refractivity contribution in [1.82, 2.24) is 10.1 Å². The number of hydrogen-bond acceptors (Lipinski definition) is 4. The summed E-state index contributed by atoms with van der Waals surface area (Å²) in [6.07, 6.45) is 1.26. The molecule has 0 fully saturated rings. The molecule has 4 nitrogen and oxygen atoms in total. The Labute approximate surface area is 52.5 Å². The van der Waals surface area contributed by atoms with E-state index in [1.54, 1.807) is 13.8 Å². The highest BCUT2D eigenvalue weighted by Crippen LogP contribution is 2.14. The molecule has 0 aliphatic heterocycles. The van der Waals surface area contributed by atoms with Gasteiger partial charge in [-0.25, -0.2) is 0 Å². The minimum absolute atomic E-state index is 0.238. The molecule has 4 heteroatoms. The summed E-state index contributed by atoms with van der Waals surface area (Å²) >= 11 is 0. The van der Waals surface area contributed by atoms with Gasteiger partial charge in [0.05, 0.1) is 0 Å². The molecule has 1 N–H and O–H groups in total. The first-order valence-corrected chi connectivity index (χ1v) is 2.60. The molecule has 0 aliphatic rings. The highest BCUT2D eigenvalue weighted by molar-refractivity contribution is 4.87. The van der Waals surface area contributed by atoms with E-state index < -0.39 is 5.60 Å². The van der Waals surface area contributed by atoms with E-state index in [1.165, 1.54) is 6.33 Å². The quantitative estimate of drug-likeness (QED) is 0.590. The first-order valence-electron chi connectivity index (χ1n) is 2.60. The van der Waals surface area contributed by atoms with Crippen molar-refractivity contribution in [3.63, 3.8) is 0 Å². The van der Waals surface area contributed by atoms with Crippen LogP contribution < -0.4 is 0 Å². The monoisotopic (exact) mass is 128 g/mol. The number of hydrogen-bond donors (Lipinski definition) is 1. The van der Waals surface area contributed by atoms with Crippen molar-refractivity contribution >= 4 is 0 Å². The van der Waals surface area contributed by atoms with Crippen LogP contribution in [0.15, 0.2) is 10.9 Å². The van der Waals surface area contributed by atoms with E-state index in [0.717, 1.165) is 0 Å². The molecule has 9 heavy (non-hydrogen) atoms. The van der Waals surface area contributed by atoms with Crippen molar-refractivity contribution in [2.45, 2.75) is 19.4 Å². The Kier molecular flexibility index (Phi) is 1.25. The van der Waals surface area contributed by atoms with Gasteiger partial charge in [0.25, 0.3) is 5.89 Å². The molecule has 0 aliphatic carbocycles. The van der Waals surface area contributed by atoms with E-state index in [9.17, 15) is 5.11 Å². The summed E-state index contributed by atoms with van der Waals surface area (Å²) in [5, 5.41) is 12.5. The van der Waals surface area contributed by atoms with Crippen LogP contribution in [0.2, 0.25) is 0 Å². The number of nitrogens with zero attached hydrogens (tertiary/aromatic N) is 2. The van der Waals surface area contributed by atoms with Crippen molar-refractivity contribution in [2.24, 2.45) is 0 Å².